The Morgan fingerprint density at radius 1 is 1.16 bits per heavy atom. The van der Waals surface area contributed by atoms with Crippen LogP contribution in [0.3, 0.4) is 0 Å². The lowest BCUT2D eigenvalue weighted by Crippen LogP contribution is -2.28. The van der Waals surface area contributed by atoms with Crippen molar-refractivity contribution in [2.45, 2.75) is 65.8 Å². The van der Waals surface area contributed by atoms with Gasteiger partial charge >= 0.3 is 0 Å². The van der Waals surface area contributed by atoms with E-state index in [2.05, 4.69) is 51.2 Å². The van der Waals surface area contributed by atoms with Gasteiger partial charge in [0.15, 0.2) is 0 Å². The van der Waals surface area contributed by atoms with Crippen LogP contribution in [0.4, 0.5) is 0 Å². The van der Waals surface area contributed by atoms with Gasteiger partial charge in [-0.05, 0) is 60.8 Å². The minimum atomic E-state index is 0.384. The second kappa shape index (κ2) is 6.09. The fourth-order valence-corrected chi connectivity index (χ4v) is 3.08. The smallest absolute Gasteiger partial charge is 0.00103 e. The van der Waals surface area contributed by atoms with E-state index in [1.54, 1.807) is 11.1 Å². The third kappa shape index (κ3) is 4.35. The minimum absolute atomic E-state index is 0.384. The fourth-order valence-electron chi connectivity index (χ4n) is 3.08. The van der Waals surface area contributed by atoms with Crippen LogP contribution >= 0.6 is 0 Å². The van der Waals surface area contributed by atoms with Gasteiger partial charge in [-0.15, -0.1) is 0 Å². The molecular formula is C18H29N. The van der Waals surface area contributed by atoms with Crippen LogP contribution in [-0.2, 0) is 19.3 Å². The molecule has 0 radical (unpaired) electrons. The Kier molecular flexibility index (Phi) is 4.67. The average Bonchev–Trinajstić information content (AvgIpc) is 2.74. The number of benzene rings is 1. The van der Waals surface area contributed by atoms with Crippen LogP contribution in [0.25, 0.3) is 0 Å². The van der Waals surface area contributed by atoms with Crippen LogP contribution in [-0.4, -0.2) is 12.6 Å². The molecule has 1 heteroatoms. The maximum Gasteiger partial charge on any atom is 0.00103 e. The summed E-state index contributed by atoms with van der Waals surface area (Å²) in [5, 5.41) is 3.53. The largest absolute Gasteiger partial charge is 0.315 e. The molecule has 0 aromatic heterocycles. The first kappa shape index (κ1) is 14.6. The molecule has 0 bridgehead atoms. The predicted octanol–water partition coefficient (Wildman–Crippen LogP) is 4.13. The zero-order valence-corrected chi connectivity index (χ0v) is 13.1. The van der Waals surface area contributed by atoms with Crippen LogP contribution < -0.4 is 5.32 Å². The van der Waals surface area contributed by atoms with Gasteiger partial charge in [0, 0.05) is 6.04 Å². The third-order valence-electron chi connectivity index (χ3n) is 4.20. The first-order valence-electron chi connectivity index (χ1n) is 7.80. The Bertz CT molecular complexity index is 418. The van der Waals surface area contributed by atoms with E-state index in [-0.39, 0.29) is 0 Å². The molecule has 1 aromatic carbocycles. The molecular weight excluding hydrogens is 230 g/mol. The van der Waals surface area contributed by atoms with E-state index in [0.29, 0.717) is 11.5 Å². The summed E-state index contributed by atoms with van der Waals surface area (Å²) in [7, 11) is 0. The third-order valence-corrected chi connectivity index (χ3v) is 4.20. The number of hydrogen-bond acceptors (Lipinski definition) is 1. The van der Waals surface area contributed by atoms with Crippen molar-refractivity contribution < 1.29 is 0 Å². The minimum Gasteiger partial charge on any atom is -0.315 e. The normalized spacial score (nSPS) is 15.0. The first-order chi connectivity index (χ1) is 8.96. The highest BCUT2D eigenvalue weighted by atomic mass is 14.9. The maximum atomic E-state index is 3.53. The molecule has 1 N–H and O–H groups in total. The fraction of sp³-hybridized carbons (Fsp3) is 0.667. The SMILES string of the molecule is CC(C)NCCC(C)(C)Cc1ccc2c(c1)CCC2. The molecule has 1 aliphatic rings. The molecule has 0 saturated carbocycles. The summed E-state index contributed by atoms with van der Waals surface area (Å²) in [6.07, 6.45) is 6.36. The summed E-state index contributed by atoms with van der Waals surface area (Å²) in [5.74, 6) is 0. The van der Waals surface area contributed by atoms with Crippen LogP contribution in [0, 0.1) is 5.41 Å². The maximum absolute atomic E-state index is 3.53. The molecule has 1 aromatic rings. The molecule has 19 heavy (non-hydrogen) atoms. The average molecular weight is 259 g/mol. The van der Waals surface area contributed by atoms with Crippen molar-refractivity contribution in [1.82, 2.24) is 5.32 Å². The van der Waals surface area contributed by atoms with Gasteiger partial charge in [0.25, 0.3) is 0 Å². The molecule has 0 spiro atoms. The van der Waals surface area contributed by atoms with Gasteiger partial charge in [-0.25, -0.2) is 0 Å². The molecule has 106 valence electrons. The van der Waals surface area contributed by atoms with E-state index in [4.69, 9.17) is 0 Å². The summed E-state index contributed by atoms with van der Waals surface area (Å²) in [6.45, 7) is 10.3. The molecule has 2 rings (SSSR count). The number of aryl methyl sites for hydroxylation is 2. The Hall–Kier alpha value is -0.820. The van der Waals surface area contributed by atoms with E-state index in [9.17, 15) is 0 Å². The monoisotopic (exact) mass is 259 g/mol. The summed E-state index contributed by atoms with van der Waals surface area (Å²) >= 11 is 0. The molecule has 1 aliphatic carbocycles. The predicted molar refractivity (Wildman–Crippen MR) is 83.7 cm³/mol. The van der Waals surface area contributed by atoms with E-state index >= 15 is 0 Å². The van der Waals surface area contributed by atoms with Gasteiger partial charge in [0.05, 0.1) is 0 Å². The highest BCUT2D eigenvalue weighted by molar-refractivity contribution is 5.35. The molecule has 0 heterocycles. The van der Waals surface area contributed by atoms with Gasteiger partial charge in [0.2, 0.25) is 0 Å². The number of nitrogens with one attached hydrogen (secondary N) is 1. The lowest BCUT2D eigenvalue weighted by molar-refractivity contribution is 0.320. The van der Waals surface area contributed by atoms with E-state index in [1.807, 2.05) is 0 Å². The second-order valence-electron chi connectivity index (χ2n) is 7.16. The van der Waals surface area contributed by atoms with Crippen molar-refractivity contribution in [2.24, 2.45) is 5.41 Å². The molecule has 1 nitrogen and oxygen atoms in total. The summed E-state index contributed by atoms with van der Waals surface area (Å²) in [5.41, 5.74) is 5.10. The summed E-state index contributed by atoms with van der Waals surface area (Å²) in [6, 6.07) is 7.76. The zero-order valence-electron chi connectivity index (χ0n) is 13.1. The van der Waals surface area contributed by atoms with Crippen LogP contribution in [0.5, 0.6) is 0 Å². The van der Waals surface area contributed by atoms with Crippen LogP contribution in [0.15, 0.2) is 18.2 Å². The van der Waals surface area contributed by atoms with Gasteiger partial charge in [0.1, 0.15) is 0 Å². The van der Waals surface area contributed by atoms with E-state index in [1.165, 1.54) is 37.7 Å². The first-order valence-corrected chi connectivity index (χ1v) is 7.80. The lowest BCUT2D eigenvalue weighted by atomic mass is 9.82. The van der Waals surface area contributed by atoms with Crippen LogP contribution in [0.1, 0.15) is 57.2 Å². The van der Waals surface area contributed by atoms with E-state index in [0.717, 1.165) is 6.54 Å². The van der Waals surface area contributed by atoms with Crippen molar-refractivity contribution in [2.75, 3.05) is 6.54 Å². The van der Waals surface area contributed by atoms with Gasteiger partial charge < -0.3 is 5.32 Å². The van der Waals surface area contributed by atoms with Gasteiger partial charge in [-0.2, -0.15) is 0 Å². The standard InChI is InChI=1S/C18H29N/c1-14(2)19-11-10-18(3,4)13-15-8-9-16-6-5-7-17(16)12-15/h8-9,12,14,19H,5-7,10-11,13H2,1-4H3. The highest BCUT2D eigenvalue weighted by Gasteiger charge is 2.19. The molecule has 0 fully saturated rings. The Morgan fingerprint density at radius 2 is 1.89 bits per heavy atom. The highest BCUT2D eigenvalue weighted by Crippen LogP contribution is 2.29. The second-order valence-corrected chi connectivity index (χ2v) is 7.16. The Morgan fingerprint density at radius 3 is 2.63 bits per heavy atom. The van der Waals surface area contributed by atoms with Crippen molar-refractivity contribution >= 4 is 0 Å². The zero-order chi connectivity index (χ0) is 13.9. The summed E-state index contributed by atoms with van der Waals surface area (Å²) < 4.78 is 0. The van der Waals surface area contributed by atoms with Crippen molar-refractivity contribution in [3.8, 4) is 0 Å². The van der Waals surface area contributed by atoms with E-state index < -0.39 is 0 Å². The van der Waals surface area contributed by atoms with Crippen molar-refractivity contribution in [1.29, 1.82) is 0 Å². The van der Waals surface area contributed by atoms with Crippen LogP contribution in [0.2, 0.25) is 0 Å². The van der Waals surface area contributed by atoms with Gasteiger partial charge in [-0.1, -0.05) is 45.9 Å². The number of hydrogen-bond donors (Lipinski definition) is 1. The lowest BCUT2D eigenvalue weighted by Gasteiger charge is -2.26. The number of fused-ring (bicyclic) bond motifs is 1. The van der Waals surface area contributed by atoms with Crippen molar-refractivity contribution in [3.05, 3.63) is 34.9 Å². The molecule has 0 aliphatic heterocycles. The molecule has 0 unspecified atom stereocenters. The summed E-state index contributed by atoms with van der Waals surface area (Å²) in [4.78, 5) is 0. The molecule has 0 atom stereocenters. The quantitative estimate of drug-likeness (QED) is 0.810. The number of rotatable bonds is 6. The topological polar surface area (TPSA) is 12.0 Å². The Labute approximate surface area is 118 Å². The Balaban J connectivity index is 1.92. The molecule has 0 amide bonds. The molecule has 0 saturated heterocycles. The van der Waals surface area contributed by atoms with Crippen molar-refractivity contribution in [3.63, 3.8) is 0 Å². The van der Waals surface area contributed by atoms with Gasteiger partial charge in [-0.3, -0.25) is 0 Å².